The highest BCUT2D eigenvalue weighted by Gasteiger charge is 2.21. The molecule has 3 rings (SSSR count). The van der Waals surface area contributed by atoms with E-state index in [1.165, 1.54) is 0 Å². The molecule has 0 radical (unpaired) electrons. The molecule has 0 aliphatic carbocycles. The zero-order chi connectivity index (χ0) is 19.2. The molecule has 7 heteroatoms. The largest absolute Gasteiger partial charge is 0.352 e. The Morgan fingerprint density at radius 1 is 1.04 bits per heavy atom. The first-order chi connectivity index (χ1) is 13.0. The lowest BCUT2D eigenvalue weighted by molar-refractivity contribution is -0.117. The minimum atomic E-state index is -0.245. The number of amides is 3. The smallest absolute Gasteiger partial charge is 0.251 e. The molecule has 0 saturated carbocycles. The molecule has 1 heterocycles. The summed E-state index contributed by atoms with van der Waals surface area (Å²) in [6.45, 7) is 0.964. The minimum Gasteiger partial charge on any atom is -0.352 e. The van der Waals surface area contributed by atoms with Crippen LogP contribution in [0, 0.1) is 0 Å². The summed E-state index contributed by atoms with van der Waals surface area (Å²) < 4.78 is 0.938. The molecule has 2 aromatic rings. The number of halogens is 1. The van der Waals surface area contributed by atoms with Crippen molar-refractivity contribution < 1.29 is 14.4 Å². The molecule has 6 nitrogen and oxygen atoms in total. The molecule has 1 aliphatic rings. The van der Waals surface area contributed by atoms with Crippen molar-refractivity contribution in [2.75, 3.05) is 23.3 Å². The standard InChI is InChI=1S/C20H20BrN3O3/c21-15-5-7-16(8-6-15)23-18(25)11-12-22-20(27)14-3-9-17(10-4-14)24-13-1-2-19(24)26/h3-10H,1-2,11-13H2,(H,22,27)(H,23,25). The van der Waals surface area contributed by atoms with Gasteiger partial charge >= 0.3 is 0 Å². The van der Waals surface area contributed by atoms with Crippen molar-refractivity contribution in [2.45, 2.75) is 19.3 Å². The summed E-state index contributed by atoms with van der Waals surface area (Å²) in [4.78, 5) is 37.6. The van der Waals surface area contributed by atoms with Crippen molar-refractivity contribution in [3.8, 4) is 0 Å². The Hall–Kier alpha value is -2.67. The lowest BCUT2D eigenvalue weighted by Gasteiger charge is -2.15. The molecule has 1 saturated heterocycles. The topological polar surface area (TPSA) is 78.5 Å². The number of carbonyl (C=O) groups is 3. The fraction of sp³-hybridized carbons (Fsp3) is 0.250. The van der Waals surface area contributed by atoms with E-state index in [-0.39, 0.29) is 30.7 Å². The third-order valence-electron chi connectivity index (χ3n) is 4.28. The zero-order valence-corrected chi connectivity index (χ0v) is 16.3. The first-order valence-electron chi connectivity index (χ1n) is 8.77. The molecular formula is C20H20BrN3O3. The van der Waals surface area contributed by atoms with Crippen molar-refractivity contribution in [1.82, 2.24) is 5.32 Å². The van der Waals surface area contributed by atoms with Crippen LogP contribution in [0.5, 0.6) is 0 Å². The zero-order valence-electron chi connectivity index (χ0n) is 14.7. The maximum Gasteiger partial charge on any atom is 0.251 e. The first kappa shape index (κ1) is 19.1. The number of hydrogen-bond acceptors (Lipinski definition) is 3. The summed E-state index contributed by atoms with van der Waals surface area (Å²) in [6.07, 6.45) is 1.62. The Morgan fingerprint density at radius 2 is 1.74 bits per heavy atom. The van der Waals surface area contributed by atoms with Gasteiger partial charge in [-0.3, -0.25) is 14.4 Å². The van der Waals surface area contributed by atoms with Crippen LogP contribution in [0.25, 0.3) is 0 Å². The van der Waals surface area contributed by atoms with E-state index in [4.69, 9.17) is 0 Å². The summed E-state index contributed by atoms with van der Waals surface area (Å²) in [7, 11) is 0. The molecule has 0 aromatic heterocycles. The van der Waals surface area contributed by atoms with Gasteiger partial charge in [-0.2, -0.15) is 0 Å². The van der Waals surface area contributed by atoms with Crippen LogP contribution in [-0.2, 0) is 9.59 Å². The van der Waals surface area contributed by atoms with Crippen LogP contribution >= 0.6 is 15.9 Å². The predicted octanol–water partition coefficient (Wildman–Crippen LogP) is 3.33. The summed E-state index contributed by atoms with van der Waals surface area (Å²) in [5, 5.41) is 5.51. The van der Waals surface area contributed by atoms with Gasteiger partial charge in [-0.25, -0.2) is 0 Å². The van der Waals surface area contributed by atoms with Gasteiger partial charge in [0.25, 0.3) is 5.91 Å². The number of rotatable bonds is 6. The van der Waals surface area contributed by atoms with Crippen LogP contribution in [0.15, 0.2) is 53.0 Å². The third kappa shape index (κ3) is 5.17. The second kappa shape index (κ2) is 8.81. The lowest BCUT2D eigenvalue weighted by atomic mass is 10.2. The summed E-state index contributed by atoms with van der Waals surface area (Å²) in [6, 6.07) is 14.2. The van der Waals surface area contributed by atoms with Crippen LogP contribution in [0.4, 0.5) is 11.4 Å². The molecule has 140 valence electrons. The Labute approximate surface area is 166 Å². The monoisotopic (exact) mass is 429 g/mol. The SMILES string of the molecule is O=C(CCNC(=O)c1ccc(N2CCCC2=O)cc1)Nc1ccc(Br)cc1. The Balaban J connectivity index is 1.45. The van der Waals surface area contributed by atoms with Crippen LogP contribution in [0.3, 0.4) is 0 Å². The average Bonchev–Trinajstić information content (AvgIpc) is 3.09. The van der Waals surface area contributed by atoms with Crippen molar-refractivity contribution in [1.29, 1.82) is 0 Å². The van der Waals surface area contributed by atoms with Crippen LogP contribution in [0.1, 0.15) is 29.6 Å². The second-order valence-electron chi connectivity index (χ2n) is 6.26. The number of hydrogen-bond donors (Lipinski definition) is 2. The lowest BCUT2D eigenvalue weighted by Crippen LogP contribution is -2.28. The molecule has 0 spiro atoms. The molecule has 2 N–H and O–H groups in total. The summed E-state index contributed by atoms with van der Waals surface area (Å²) in [5.41, 5.74) is 2.02. The first-order valence-corrected chi connectivity index (χ1v) is 9.56. The van der Waals surface area contributed by atoms with Crippen molar-refractivity contribution in [3.63, 3.8) is 0 Å². The van der Waals surface area contributed by atoms with Gasteiger partial charge in [0, 0.05) is 47.3 Å². The minimum absolute atomic E-state index is 0.115. The van der Waals surface area contributed by atoms with E-state index in [2.05, 4.69) is 26.6 Å². The number of benzene rings is 2. The quantitative estimate of drug-likeness (QED) is 0.738. The van der Waals surface area contributed by atoms with Gasteiger partial charge < -0.3 is 15.5 Å². The van der Waals surface area contributed by atoms with E-state index in [1.807, 2.05) is 12.1 Å². The second-order valence-corrected chi connectivity index (χ2v) is 7.17. The number of anilines is 2. The number of nitrogens with one attached hydrogen (secondary N) is 2. The maximum atomic E-state index is 12.2. The van der Waals surface area contributed by atoms with Gasteiger partial charge in [-0.05, 0) is 55.0 Å². The number of nitrogens with zero attached hydrogens (tertiary/aromatic N) is 1. The van der Waals surface area contributed by atoms with E-state index >= 15 is 0 Å². The molecule has 0 unspecified atom stereocenters. The molecule has 0 bridgehead atoms. The van der Waals surface area contributed by atoms with Gasteiger partial charge in [-0.15, -0.1) is 0 Å². The normalized spacial score (nSPS) is 13.5. The Kier molecular flexibility index (Phi) is 6.24. The molecular weight excluding hydrogens is 410 g/mol. The highest BCUT2D eigenvalue weighted by Crippen LogP contribution is 2.21. The molecule has 1 aliphatic heterocycles. The van der Waals surface area contributed by atoms with Crippen molar-refractivity contribution >= 4 is 45.0 Å². The van der Waals surface area contributed by atoms with Gasteiger partial charge in [0.05, 0.1) is 0 Å². The number of carbonyl (C=O) groups excluding carboxylic acids is 3. The van der Waals surface area contributed by atoms with E-state index < -0.39 is 0 Å². The van der Waals surface area contributed by atoms with E-state index in [0.717, 1.165) is 23.1 Å². The van der Waals surface area contributed by atoms with E-state index in [0.29, 0.717) is 17.7 Å². The predicted molar refractivity (Wildman–Crippen MR) is 108 cm³/mol. The van der Waals surface area contributed by atoms with Gasteiger partial charge in [0.2, 0.25) is 11.8 Å². The van der Waals surface area contributed by atoms with Crippen molar-refractivity contribution in [2.24, 2.45) is 0 Å². The van der Waals surface area contributed by atoms with Gasteiger partial charge in [0.15, 0.2) is 0 Å². The summed E-state index contributed by atoms with van der Waals surface area (Å²) >= 11 is 3.34. The molecule has 3 amide bonds. The molecule has 2 aromatic carbocycles. The average molecular weight is 430 g/mol. The van der Waals surface area contributed by atoms with Gasteiger partial charge in [-0.1, -0.05) is 15.9 Å². The molecule has 27 heavy (non-hydrogen) atoms. The highest BCUT2D eigenvalue weighted by atomic mass is 79.9. The Morgan fingerprint density at radius 3 is 2.37 bits per heavy atom. The van der Waals surface area contributed by atoms with Crippen LogP contribution < -0.4 is 15.5 Å². The molecule has 1 fully saturated rings. The fourth-order valence-corrected chi connectivity index (χ4v) is 3.13. The summed E-state index contributed by atoms with van der Waals surface area (Å²) in [5.74, 6) is -0.296. The fourth-order valence-electron chi connectivity index (χ4n) is 2.86. The van der Waals surface area contributed by atoms with Gasteiger partial charge in [0.1, 0.15) is 0 Å². The van der Waals surface area contributed by atoms with Crippen LogP contribution in [0.2, 0.25) is 0 Å². The maximum absolute atomic E-state index is 12.2. The van der Waals surface area contributed by atoms with E-state index in [9.17, 15) is 14.4 Å². The third-order valence-corrected chi connectivity index (χ3v) is 4.81. The van der Waals surface area contributed by atoms with Crippen molar-refractivity contribution in [3.05, 3.63) is 58.6 Å². The molecule has 0 atom stereocenters. The highest BCUT2D eigenvalue weighted by molar-refractivity contribution is 9.10. The van der Waals surface area contributed by atoms with Crippen LogP contribution in [-0.4, -0.2) is 30.8 Å². The Bertz CT molecular complexity index is 835. The van der Waals surface area contributed by atoms with E-state index in [1.54, 1.807) is 41.3 Å².